The van der Waals surface area contributed by atoms with Crippen molar-refractivity contribution in [3.63, 3.8) is 0 Å². The minimum Gasteiger partial charge on any atom is -0.298 e. The van der Waals surface area contributed by atoms with E-state index in [4.69, 9.17) is 0 Å². The Morgan fingerprint density at radius 3 is 2.54 bits per heavy atom. The Hall–Kier alpha value is -2.60. The lowest BCUT2D eigenvalue weighted by Crippen LogP contribution is -2.29. The minimum atomic E-state index is -0.0512. The third kappa shape index (κ3) is 3.65. The molecule has 0 N–H and O–H groups in total. The number of benzene rings is 1. The van der Waals surface area contributed by atoms with E-state index in [2.05, 4.69) is 22.1 Å². The molecule has 0 fully saturated rings. The van der Waals surface area contributed by atoms with E-state index in [1.165, 1.54) is 4.90 Å². The Bertz CT molecular complexity index is 815. The molecule has 1 aromatic carbocycles. The molecule has 122 valence electrons. The van der Waals surface area contributed by atoms with Gasteiger partial charge in [0.05, 0.1) is 22.8 Å². The predicted molar refractivity (Wildman–Crippen MR) is 96.1 cm³/mol. The lowest BCUT2D eigenvalue weighted by Gasteiger charge is -2.15. The maximum atomic E-state index is 12.4. The van der Waals surface area contributed by atoms with E-state index in [0.717, 1.165) is 28.4 Å². The van der Waals surface area contributed by atoms with Crippen LogP contribution in [0.1, 0.15) is 17.6 Å². The topological polar surface area (TPSA) is 59.0 Å². The van der Waals surface area contributed by atoms with Crippen LogP contribution in [-0.2, 0) is 17.6 Å². The van der Waals surface area contributed by atoms with Gasteiger partial charge in [0.15, 0.2) is 5.82 Å². The van der Waals surface area contributed by atoms with E-state index < -0.39 is 0 Å². The quantitative estimate of drug-likeness (QED) is 0.716. The largest absolute Gasteiger partial charge is 0.298 e. The van der Waals surface area contributed by atoms with E-state index in [1.54, 1.807) is 18.4 Å². The molecule has 0 saturated heterocycles. The van der Waals surface area contributed by atoms with Crippen LogP contribution in [-0.4, -0.2) is 28.1 Å². The smallest absolute Gasteiger partial charge is 0.233 e. The van der Waals surface area contributed by atoms with Crippen LogP contribution in [0.25, 0.3) is 11.3 Å². The van der Waals surface area contributed by atoms with Crippen LogP contribution in [0, 0.1) is 0 Å². The second-order valence-corrected chi connectivity index (χ2v) is 6.30. The molecule has 1 amide bonds. The standard InChI is InChI=1S/C18H18N4OS/c1-3-17-19-14(12-24-17)11-18(23)22(2)16-10-9-15(20-21-16)13-7-5-4-6-8-13/h4-10,12H,3,11H2,1-2H3. The van der Waals surface area contributed by atoms with Crippen LogP contribution >= 0.6 is 11.3 Å². The summed E-state index contributed by atoms with van der Waals surface area (Å²) in [6.45, 7) is 2.06. The number of nitrogens with zero attached hydrogens (tertiary/aromatic N) is 4. The summed E-state index contributed by atoms with van der Waals surface area (Å²) in [4.78, 5) is 18.3. The van der Waals surface area contributed by atoms with Gasteiger partial charge in [0.25, 0.3) is 0 Å². The molecule has 3 aromatic rings. The number of likely N-dealkylation sites (N-methyl/N-ethyl adjacent to an activating group) is 1. The molecular formula is C18H18N4OS. The molecule has 0 unspecified atom stereocenters. The zero-order valence-electron chi connectivity index (χ0n) is 13.6. The van der Waals surface area contributed by atoms with Crippen LogP contribution in [0.3, 0.4) is 0 Å². The summed E-state index contributed by atoms with van der Waals surface area (Å²) in [6, 6.07) is 13.5. The molecule has 2 heterocycles. The maximum absolute atomic E-state index is 12.4. The second-order valence-electron chi connectivity index (χ2n) is 5.36. The van der Waals surface area contributed by atoms with Crippen LogP contribution in [0.2, 0.25) is 0 Å². The van der Waals surface area contributed by atoms with Crippen molar-refractivity contribution in [2.45, 2.75) is 19.8 Å². The molecule has 2 aromatic heterocycles. The molecule has 5 nitrogen and oxygen atoms in total. The van der Waals surface area contributed by atoms with Crippen LogP contribution in [0.15, 0.2) is 47.8 Å². The number of aryl methyl sites for hydroxylation is 1. The lowest BCUT2D eigenvalue weighted by atomic mass is 10.1. The number of carbonyl (C=O) groups excluding carboxylic acids is 1. The van der Waals surface area contributed by atoms with Gasteiger partial charge in [-0.05, 0) is 18.6 Å². The van der Waals surface area contributed by atoms with Gasteiger partial charge in [0.1, 0.15) is 0 Å². The first kappa shape index (κ1) is 16.3. The van der Waals surface area contributed by atoms with Crippen molar-refractivity contribution in [1.29, 1.82) is 0 Å². The van der Waals surface area contributed by atoms with Crippen molar-refractivity contribution < 1.29 is 4.79 Å². The highest BCUT2D eigenvalue weighted by Crippen LogP contribution is 2.18. The third-order valence-electron chi connectivity index (χ3n) is 3.67. The predicted octanol–water partition coefficient (Wildman–Crippen LogP) is 3.37. The fourth-order valence-electron chi connectivity index (χ4n) is 2.26. The molecule has 0 bridgehead atoms. The first-order valence-electron chi connectivity index (χ1n) is 7.76. The highest BCUT2D eigenvalue weighted by molar-refractivity contribution is 7.09. The van der Waals surface area contributed by atoms with Crippen molar-refractivity contribution in [1.82, 2.24) is 15.2 Å². The number of amides is 1. The molecular weight excluding hydrogens is 320 g/mol. The first-order valence-corrected chi connectivity index (χ1v) is 8.64. The zero-order valence-corrected chi connectivity index (χ0v) is 14.5. The van der Waals surface area contributed by atoms with Crippen LogP contribution in [0.5, 0.6) is 0 Å². The van der Waals surface area contributed by atoms with E-state index in [9.17, 15) is 4.79 Å². The Kier molecular flexibility index (Phi) is 4.96. The monoisotopic (exact) mass is 338 g/mol. The fraction of sp³-hybridized carbons (Fsp3) is 0.222. The van der Waals surface area contributed by atoms with E-state index in [-0.39, 0.29) is 12.3 Å². The molecule has 6 heteroatoms. The van der Waals surface area contributed by atoms with Gasteiger partial charge in [0, 0.05) is 18.0 Å². The Balaban J connectivity index is 1.70. The first-order chi connectivity index (χ1) is 11.7. The number of aromatic nitrogens is 3. The van der Waals surface area contributed by atoms with Crippen molar-refractivity contribution >= 4 is 23.1 Å². The van der Waals surface area contributed by atoms with Crippen molar-refractivity contribution in [2.24, 2.45) is 0 Å². The Morgan fingerprint density at radius 2 is 1.92 bits per heavy atom. The highest BCUT2D eigenvalue weighted by atomic mass is 32.1. The number of hydrogen-bond acceptors (Lipinski definition) is 5. The average molecular weight is 338 g/mol. The third-order valence-corrected chi connectivity index (χ3v) is 4.71. The van der Waals surface area contributed by atoms with Crippen molar-refractivity contribution in [3.05, 3.63) is 58.5 Å². The summed E-state index contributed by atoms with van der Waals surface area (Å²) in [5.74, 6) is 0.482. The number of anilines is 1. The lowest BCUT2D eigenvalue weighted by molar-refractivity contribution is -0.117. The number of thiazole rings is 1. The number of rotatable bonds is 5. The van der Waals surface area contributed by atoms with Crippen molar-refractivity contribution in [2.75, 3.05) is 11.9 Å². The highest BCUT2D eigenvalue weighted by Gasteiger charge is 2.15. The molecule has 0 aliphatic carbocycles. The number of hydrogen-bond donors (Lipinski definition) is 0. The normalized spacial score (nSPS) is 10.6. The van der Waals surface area contributed by atoms with Gasteiger partial charge in [0.2, 0.25) is 5.91 Å². The maximum Gasteiger partial charge on any atom is 0.233 e. The average Bonchev–Trinajstić information content (AvgIpc) is 3.09. The fourth-order valence-corrected chi connectivity index (χ4v) is 3.01. The minimum absolute atomic E-state index is 0.0512. The molecule has 0 spiro atoms. The molecule has 0 atom stereocenters. The summed E-state index contributed by atoms with van der Waals surface area (Å²) >= 11 is 1.59. The van der Waals surface area contributed by atoms with Crippen molar-refractivity contribution in [3.8, 4) is 11.3 Å². The molecule has 0 radical (unpaired) electrons. The van der Waals surface area contributed by atoms with Gasteiger partial charge in [-0.1, -0.05) is 37.3 Å². The SMILES string of the molecule is CCc1nc(CC(=O)N(C)c2ccc(-c3ccccc3)nn2)cs1. The van der Waals surface area contributed by atoms with Crippen LogP contribution in [0.4, 0.5) is 5.82 Å². The molecule has 24 heavy (non-hydrogen) atoms. The van der Waals surface area contributed by atoms with Gasteiger partial charge in [-0.25, -0.2) is 4.98 Å². The summed E-state index contributed by atoms with van der Waals surface area (Å²) in [7, 11) is 1.71. The number of carbonyl (C=O) groups is 1. The van der Waals surface area contributed by atoms with Gasteiger partial charge in [-0.2, -0.15) is 0 Å². The van der Waals surface area contributed by atoms with E-state index in [1.807, 2.05) is 47.8 Å². The van der Waals surface area contributed by atoms with Gasteiger partial charge in [-0.15, -0.1) is 21.5 Å². The van der Waals surface area contributed by atoms with Crippen LogP contribution < -0.4 is 4.90 Å². The summed E-state index contributed by atoms with van der Waals surface area (Å²) in [5, 5.41) is 11.4. The van der Waals surface area contributed by atoms with Gasteiger partial charge in [-0.3, -0.25) is 9.69 Å². The summed E-state index contributed by atoms with van der Waals surface area (Å²) in [6.07, 6.45) is 1.16. The van der Waals surface area contributed by atoms with Gasteiger partial charge >= 0.3 is 0 Å². The molecule has 3 rings (SSSR count). The van der Waals surface area contributed by atoms with E-state index >= 15 is 0 Å². The molecule has 0 aliphatic rings. The zero-order chi connectivity index (χ0) is 16.9. The summed E-state index contributed by atoms with van der Waals surface area (Å²) < 4.78 is 0. The molecule has 0 saturated carbocycles. The Labute approximate surface area is 145 Å². The Morgan fingerprint density at radius 1 is 1.12 bits per heavy atom. The van der Waals surface area contributed by atoms with E-state index in [0.29, 0.717) is 5.82 Å². The second kappa shape index (κ2) is 7.31. The van der Waals surface area contributed by atoms with Gasteiger partial charge < -0.3 is 0 Å². The molecule has 0 aliphatic heterocycles. The summed E-state index contributed by atoms with van der Waals surface area (Å²) in [5.41, 5.74) is 2.59.